The second kappa shape index (κ2) is 4.84. The molecule has 2 nitrogen and oxygen atoms in total. The molecule has 90 valence electrons. The average molecular weight is 316 g/mol. The number of aliphatic hydroxyl groups is 1. The van der Waals surface area contributed by atoms with Crippen molar-refractivity contribution < 1.29 is 9.50 Å². The van der Waals surface area contributed by atoms with Crippen LogP contribution in [0.4, 0.5) is 4.39 Å². The first-order chi connectivity index (χ1) is 7.97. The van der Waals surface area contributed by atoms with Crippen molar-refractivity contribution in [2.45, 2.75) is 18.9 Å². The first kappa shape index (κ1) is 12.7. The molecule has 5 heteroatoms. The molecule has 0 saturated carbocycles. The number of hydrogen-bond donors (Lipinski definition) is 1. The molecule has 0 aliphatic carbocycles. The van der Waals surface area contributed by atoms with Gasteiger partial charge in [-0.2, -0.15) is 0 Å². The normalized spacial score (nSPS) is 14.6. The Labute approximate surface area is 111 Å². The molecule has 17 heavy (non-hydrogen) atoms. The maximum absolute atomic E-state index is 12.8. The zero-order valence-electron chi connectivity index (χ0n) is 9.15. The van der Waals surface area contributed by atoms with Crippen LogP contribution in [0.1, 0.15) is 17.5 Å². The van der Waals surface area contributed by atoms with Gasteiger partial charge in [0.1, 0.15) is 11.4 Å². The fourth-order valence-corrected chi connectivity index (χ4v) is 3.17. The Morgan fingerprint density at radius 2 is 2.29 bits per heavy atom. The SMILES string of the molecule is CC(O)(Cc1cc(Br)cs1)c1ccc(F)cn1. The largest absolute Gasteiger partial charge is 0.383 e. The molecule has 0 aromatic carbocycles. The van der Waals surface area contributed by atoms with Gasteiger partial charge in [0.2, 0.25) is 0 Å². The summed E-state index contributed by atoms with van der Waals surface area (Å²) < 4.78 is 13.8. The maximum Gasteiger partial charge on any atom is 0.141 e. The van der Waals surface area contributed by atoms with E-state index < -0.39 is 11.4 Å². The molecule has 1 N–H and O–H groups in total. The Morgan fingerprint density at radius 1 is 1.53 bits per heavy atom. The minimum absolute atomic E-state index is 0.400. The molecular formula is C12H11BrFNOS. The van der Waals surface area contributed by atoms with Gasteiger partial charge in [0, 0.05) is 21.2 Å². The van der Waals surface area contributed by atoms with Crippen molar-refractivity contribution in [3.8, 4) is 0 Å². The Kier molecular flexibility index (Phi) is 3.61. The van der Waals surface area contributed by atoms with Crippen LogP contribution >= 0.6 is 27.3 Å². The predicted molar refractivity (Wildman–Crippen MR) is 69.5 cm³/mol. The minimum atomic E-state index is -1.09. The number of pyridine rings is 1. The second-order valence-corrected chi connectivity index (χ2v) is 5.95. The van der Waals surface area contributed by atoms with Crippen molar-refractivity contribution in [3.05, 3.63) is 50.6 Å². The molecule has 1 unspecified atom stereocenters. The smallest absolute Gasteiger partial charge is 0.141 e. The predicted octanol–water partition coefficient (Wildman–Crippen LogP) is 3.49. The van der Waals surface area contributed by atoms with Crippen molar-refractivity contribution in [1.82, 2.24) is 4.98 Å². The van der Waals surface area contributed by atoms with Crippen molar-refractivity contribution in [2.24, 2.45) is 0 Å². The summed E-state index contributed by atoms with van der Waals surface area (Å²) in [6, 6.07) is 4.78. The fourth-order valence-electron chi connectivity index (χ4n) is 1.57. The number of thiophene rings is 1. The molecule has 0 radical (unpaired) electrons. The first-order valence-corrected chi connectivity index (χ1v) is 6.72. The molecule has 2 aromatic heterocycles. The van der Waals surface area contributed by atoms with Gasteiger partial charge in [-0.1, -0.05) is 0 Å². The van der Waals surface area contributed by atoms with E-state index in [-0.39, 0.29) is 0 Å². The molecule has 0 aliphatic heterocycles. The van der Waals surface area contributed by atoms with Crippen LogP contribution in [0.3, 0.4) is 0 Å². The Balaban J connectivity index is 2.21. The molecule has 0 saturated heterocycles. The van der Waals surface area contributed by atoms with Crippen molar-refractivity contribution in [1.29, 1.82) is 0 Å². The van der Waals surface area contributed by atoms with Crippen molar-refractivity contribution >= 4 is 27.3 Å². The lowest BCUT2D eigenvalue weighted by molar-refractivity contribution is 0.0537. The van der Waals surface area contributed by atoms with E-state index in [1.807, 2.05) is 11.4 Å². The molecule has 2 aromatic rings. The highest BCUT2D eigenvalue weighted by atomic mass is 79.9. The summed E-state index contributed by atoms with van der Waals surface area (Å²) in [5, 5.41) is 12.3. The lowest BCUT2D eigenvalue weighted by Crippen LogP contribution is -2.25. The summed E-state index contributed by atoms with van der Waals surface area (Å²) in [6.07, 6.45) is 1.58. The van der Waals surface area contributed by atoms with E-state index in [1.54, 1.807) is 18.3 Å². The van der Waals surface area contributed by atoms with Gasteiger partial charge < -0.3 is 5.11 Å². The third kappa shape index (κ3) is 3.12. The van der Waals surface area contributed by atoms with E-state index in [9.17, 15) is 9.50 Å². The van der Waals surface area contributed by atoms with Crippen LogP contribution in [0.25, 0.3) is 0 Å². The van der Waals surface area contributed by atoms with Crippen LogP contribution in [0.5, 0.6) is 0 Å². The van der Waals surface area contributed by atoms with Crippen LogP contribution in [-0.4, -0.2) is 10.1 Å². The van der Waals surface area contributed by atoms with Gasteiger partial charge >= 0.3 is 0 Å². The number of halogens is 2. The highest BCUT2D eigenvalue weighted by Gasteiger charge is 2.25. The first-order valence-electron chi connectivity index (χ1n) is 5.05. The second-order valence-electron chi connectivity index (χ2n) is 4.04. The number of hydrogen-bond acceptors (Lipinski definition) is 3. The van der Waals surface area contributed by atoms with E-state index in [1.165, 1.54) is 12.1 Å². The Morgan fingerprint density at radius 3 is 2.82 bits per heavy atom. The molecule has 0 spiro atoms. The number of rotatable bonds is 3. The molecule has 2 heterocycles. The van der Waals surface area contributed by atoms with Crippen molar-refractivity contribution in [2.75, 3.05) is 0 Å². The van der Waals surface area contributed by atoms with Crippen LogP contribution in [0.2, 0.25) is 0 Å². The zero-order chi connectivity index (χ0) is 12.5. The van der Waals surface area contributed by atoms with Gasteiger partial charge in [0.15, 0.2) is 0 Å². The third-order valence-electron chi connectivity index (χ3n) is 2.42. The summed E-state index contributed by atoms with van der Waals surface area (Å²) in [5.74, 6) is -0.400. The van der Waals surface area contributed by atoms with E-state index in [2.05, 4.69) is 20.9 Å². The molecule has 2 rings (SSSR count). The van der Waals surface area contributed by atoms with Gasteiger partial charge in [-0.25, -0.2) is 4.39 Å². The highest BCUT2D eigenvalue weighted by Crippen LogP contribution is 2.28. The van der Waals surface area contributed by atoms with Gasteiger partial charge in [0.25, 0.3) is 0 Å². The fraction of sp³-hybridized carbons (Fsp3) is 0.250. The van der Waals surface area contributed by atoms with E-state index in [0.717, 1.165) is 15.5 Å². The summed E-state index contributed by atoms with van der Waals surface area (Å²) in [5.41, 5.74) is -0.610. The molecule has 0 amide bonds. The number of nitrogens with zero attached hydrogens (tertiary/aromatic N) is 1. The average Bonchev–Trinajstić information content (AvgIpc) is 2.63. The van der Waals surface area contributed by atoms with Gasteiger partial charge in [-0.05, 0) is 41.1 Å². The summed E-state index contributed by atoms with van der Waals surface area (Å²) in [7, 11) is 0. The standard InChI is InChI=1S/C12H11BrFNOS/c1-12(16,5-10-4-8(13)7-17-10)11-3-2-9(14)6-15-11/h2-4,6-7,16H,5H2,1H3. The molecular weight excluding hydrogens is 305 g/mol. The van der Waals surface area contributed by atoms with Crippen LogP contribution in [-0.2, 0) is 12.0 Å². The lowest BCUT2D eigenvalue weighted by Gasteiger charge is -2.21. The Bertz CT molecular complexity index is 509. The highest BCUT2D eigenvalue weighted by molar-refractivity contribution is 9.10. The zero-order valence-corrected chi connectivity index (χ0v) is 11.6. The van der Waals surface area contributed by atoms with Gasteiger partial charge in [0.05, 0.1) is 11.9 Å². The van der Waals surface area contributed by atoms with Crippen molar-refractivity contribution in [3.63, 3.8) is 0 Å². The molecule has 1 atom stereocenters. The summed E-state index contributed by atoms with van der Waals surface area (Å²) in [6.45, 7) is 1.68. The summed E-state index contributed by atoms with van der Waals surface area (Å²) in [4.78, 5) is 4.97. The molecule has 0 fully saturated rings. The maximum atomic E-state index is 12.8. The van der Waals surface area contributed by atoms with Crippen LogP contribution in [0, 0.1) is 5.82 Å². The summed E-state index contributed by atoms with van der Waals surface area (Å²) >= 11 is 4.93. The topological polar surface area (TPSA) is 33.1 Å². The monoisotopic (exact) mass is 315 g/mol. The van der Waals surface area contributed by atoms with E-state index in [0.29, 0.717) is 12.1 Å². The number of aromatic nitrogens is 1. The molecule has 0 aliphatic rings. The van der Waals surface area contributed by atoms with Gasteiger partial charge in [-0.3, -0.25) is 4.98 Å². The quantitative estimate of drug-likeness (QED) is 0.940. The van der Waals surface area contributed by atoms with Crippen LogP contribution < -0.4 is 0 Å². The van der Waals surface area contributed by atoms with Gasteiger partial charge in [-0.15, -0.1) is 11.3 Å². The Hall–Kier alpha value is -0.780. The third-order valence-corrected chi connectivity index (χ3v) is 4.12. The minimum Gasteiger partial charge on any atom is -0.383 e. The van der Waals surface area contributed by atoms with Crippen LogP contribution in [0.15, 0.2) is 34.2 Å². The lowest BCUT2D eigenvalue weighted by atomic mass is 9.96. The molecule has 0 bridgehead atoms. The van der Waals surface area contributed by atoms with E-state index >= 15 is 0 Å². The van der Waals surface area contributed by atoms with E-state index in [4.69, 9.17) is 0 Å².